The number of aryl methyl sites for hydroxylation is 2. The molecular weight excluding hydrogens is 396 g/mol. The molecule has 0 aliphatic carbocycles. The molecule has 4 rings (SSSR count). The number of amides is 1. The van der Waals surface area contributed by atoms with E-state index in [1.807, 2.05) is 42.2 Å². The largest absolute Gasteiger partial charge is 0.368 e. The molecule has 2 heterocycles. The van der Waals surface area contributed by atoms with Crippen molar-refractivity contribution in [3.8, 4) is 5.69 Å². The quantitative estimate of drug-likeness (QED) is 0.589. The summed E-state index contributed by atoms with van der Waals surface area (Å²) in [6.07, 6.45) is 0. The number of hydrogen-bond donors (Lipinski definition) is 0. The van der Waals surface area contributed by atoms with Crippen LogP contribution in [0.2, 0.25) is 0 Å². The highest BCUT2D eigenvalue weighted by molar-refractivity contribution is 8.00. The fourth-order valence-electron chi connectivity index (χ4n) is 3.78. The molecule has 3 aromatic rings. The highest BCUT2D eigenvalue weighted by Crippen LogP contribution is 2.26. The van der Waals surface area contributed by atoms with Crippen molar-refractivity contribution >= 4 is 23.4 Å². The van der Waals surface area contributed by atoms with Crippen molar-refractivity contribution in [1.82, 2.24) is 25.1 Å². The average molecular weight is 423 g/mol. The van der Waals surface area contributed by atoms with Crippen molar-refractivity contribution < 1.29 is 4.79 Å². The minimum absolute atomic E-state index is 0.127. The number of benzene rings is 2. The lowest BCUT2D eigenvalue weighted by atomic mass is 10.1. The summed E-state index contributed by atoms with van der Waals surface area (Å²) in [4.78, 5) is 17.3. The van der Waals surface area contributed by atoms with Gasteiger partial charge < -0.3 is 9.80 Å². The van der Waals surface area contributed by atoms with Crippen LogP contribution in [0.5, 0.6) is 0 Å². The smallest absolute Gasteiger partial charge is 0.236 e. The van der Waals surface area contributed by atoms with Crippen LogP contribution >= 0.6 is 11.8 Å². The lowest BCUT2D eigenvalue weighted by Crippen LogP contribution is -2.50. The van der Waals surface area contributed by atoms with Gasteiger partial charge >= 0.3 is 0 Å². The first kappa shape index (κ1) is 20.4. The molecule has 1 aliphatic rings. The number of carbonyl (C=O) groups is 1. The summed E-state index contributed by atoms with van der Waals surface area (Å²) in [6.45, 7) is 9.16. The van der Waals surface area contributed by atoms with Crippen molar-refractivity contribution in [2.45, 2.75) is 31.2 Å². The Morgan fingerprint density at radius 1 is 0.967 bits per heavy atom. The number of aromatic nitrogens is 4. The van der Waals surface area contributed by atoms with Gasteiger partial charge in [0.25, 0.3) is 0 Å². The molecule has 2 aromatic carbocycles. The maximum atomic E-state index is 13.0. The molecular formula is C22H26N6OS. The van der Waals surface area contributed by atoms with Crippen LogP contribution in [0, 0.1) is 13.8 Å². The predicted molar refractivity (Wildman–Crippen MR) is 119 cm³/mol. The van der Waals surface area contributed by atoms with Crippen LogP contribution in [-0.2, 0) is 4.79 Å². The van der Waals surface area contributed by atoms with Crippen molar-refractivity contribution in [2.75, 3.05) is 31.1 Å². The summed E-state index contributed by atoms with van der Waals surface area (Å²) in [7, 11) is 0. The second-order valence-electron chi connectivity index (χ2n) is 7.63. The van der Waals surface area contributed by atoms with Gasteiger partial charge in [-0.25, -0.2) is 0 Å². The maximum Gasteiger partial charge on any atom is 0.236 e. The van der Waals surface area contributed by atoms with Crippen LogP contribution in [0.25, 0.3) is 5.69 Å². The van der Waals surface area contributed by atoms with E-state index in [4.69, 9.17) is 0 Å². The summed E-state index contributed by atoms with van der Waals surface area (Å²) < 4.78 is 1.71. The Morgan fingerprint density at radius 2 is 1.63 bits per heavy atom. The molecule has 0 bridgehead atoms. The van der Waals surface area contributed by atoms with E-state index in [0.717, 1.165) is 43.0 Å². The number of tetrazole rings is 1. The van der Waals surface area contributed by atoms with Gasteiger partial charge in [0, 0.05) is 31.9 Å². The molecule has 0 radical (unpaired) electrons. The molecule has 1 amide bonds. The van der Waals surface area contributed by atoms with Gasteiger partial charge in [-0.2, -0.15) is 4.68 Å². The van der Waals surface area contributed by atoms with Gasteiger partial charge in [-0.3, -0.25) is 4.79 Å². The van der Waals surface area contributed by atoms with Gasteiger partial charge in [-0.1, -0.05) is 36.0 Å². The SMILES string of the molecule is Cc1cc(C)cc(-n2nnnc2S[C@H](C)C(=O)N2CCN(c3ccccc3)CC2)c1. The topological polar surface area (TPSA) is 67.2 Å². The molecule has 8 heteroatoms. The van der Waals surface area contributed by atoms with Crippen LogP contribution in [-0.4, -0.2) is 62.4 Å². The summed E-state index contributed by atoms with van der Waals surface area (Å²) in [5.41, 5.74) is 4.42. The van der Waals surface area contributed by atoms with Crippen LogP contribution in [0.1, 0.15) is 18.1 Å². The van der Waals surface area contributed by atoms with Crippen molar-refractivity contribution in [3.05, 3.63) is 59.7 Å². The second-order valence-corrected chi connectivity index (χ2v) is 8.94. The van der Waals surface area contributed by atoms with E-state index in [0.29, 0.717) is 5.16 Å². The third kappa shape index (κ3) is 4.48. The number of thioether (sulfide) groups is 1. The molecule has 1 fully saturated rings. The first-order chi connectivity index (χ1) is 14.5. The van der Waals surface area contributed by atoms with E-state index in [-0.39, 0.29) is 11.2 Å². The van der Waals surface area contributed by atoms with Crippen LogP contribution in [0.3, 0.4) is 0 Å². The Labute approximate surface area is 181 Å². The van der Waals surface area contributed by atoms with E-state index in [9.17, 15) is 4.79 Å². The summed E-state index contributed by atoms with van der Waals surface area (Å²) in [6, 6.07) is 16.5. The lowest BCUT2D eigenvalue weighted by Gasteiger charge is -2.37. The molecule has 7 nitrogen and oxygen atoms in total. The van der Waals surface area contributed by atoms with Gasteiger partial charge in [0.15, 0.2) is 0 Å². The Bertz CT molecular complexity index is 993. The minimum atomic E-state index is -0.260. The number of piperazine rings is 1. The van der Waals surface area contributed by atoms with Crippen molar-refractivity contribution in [1.29, 1.82) is 0 Å². The van der Waals surface area contributed by atoms with Crippen LogP contribution < -0.4 is 4.90 Å². The molecule has 0 N–H and O–H groups in total. The normalized spacial score (nSPS) is 15.3. The summed E-state index contributed by atoms with van der Waals surface area (Å²) in [5, 5.41) is 12.5. The fraction of sp³-hybridized carbons (Fsp3) is 0.364. The van der Waals surface area contributed by atoms with Gasteiger partial charge in [-0.05, 0) is 66.6 Å². The number of rotatable bonds is 5. The molecule has 0 unspecified atom stereocenters. The second kappa shape index (κ2) is 8.87. The third-order valence-corrected chi connectivity index (χ3v) is 6.26. The van der Waals surface area contributed by atoms with Crippen molar-refractivity contribution in [2.24, 2.45) is 0 Å². The number of hydrogen-bond acceptors (Lipinski definition) is 6. The van der Waals surface area contributed by atoms with E-state index in [2.05, 4.69) is 52.5 Å². The standard InChI is InChI=1S/C22H26N6OS/c1-16-13-17(2)15-20(14-16)28-22(23-24-25-28)30-18(3)21(29)27-11-9-26(10-12-27)19-7-5-4-6-8-19/h4-8,13-15,18H,9-12H2,1-3H3/t18-/m1/s1. The molecule has 0 spiro atoms. The number of anilines is 1. The van der Waals surface area contributed by atoms with E-state index in [1.165, 1.54) is 17.4 Å². The Balaban J connectivity index is 1.40. The van der Waals surface area contributed by atoms with Gasteiger partial charge in [0.1, 0.15) is 0 Å². The molecule has 1 saturated heterocycles. The summed E-state index contributed by atoms with van der Waals surface area (Å²) in [5.74, 6) is 0.127. The van der Waals surface area contributed by atoms with Gasteiger partial charge in [0.05, 0.1) is 10.9 Å². The Morgan fingerprint density at radius 3 is 2.30 bits per heavy atom. The number of nitrogens with zero attached hydrogens (tertiary/aromatic N) is 6. The molecule has 0 saturated carbocycles. The summed E-state index contributed by atoms with van der Waals surface area (Å²) >= 11 is 1.40. The first-order valence-corrected chi connectivity index (χ1v) is 11.0. The number of para-hydroxylation sites is 1. The number of carbonyl (C=O) groups excluding carboxylic acids is 1. The van der Waals surface area contributed by atoms with E-state index < -0.39 is 0 Å². The Hall–Kier alpha value is -2.87. The minimum Gasteiger partial charge on any atom is -0.368 e. The highest BCUT2D eigenvalue weighted by atomic mass is 32.2. The molecule has 1 aliphatic heterocycles. The predicted octanol–water partition coefficient (Wildman–Crippen LogP) is 3.11. The van der Waals surface area contributed by atoms with E-state index >= 15 is 0 Å². The van der Waals surface area contributed by atoms with Gasteiger partial charge in [0.2, 0.25) is 11.1 Å². The zero-order valence-corrected chi connectivity index (χ0v) is 18.3. The average Bonchev–Trinajstić information content (AvgIpc) is 3.21. The molecule has 1 aromatic heterocycles. The third-order valence-electron chi connectivity index (χ3n) is 5.23. The van der Waals surface area contributed by atoms with Crippen molar-refractivity contribution in [3.63, 3.8) is 0 Å². The van der Waals surface area contributed by atoms with Crippen LogP contribution in [0.15, 0.2) is 53.7 Å². The Kier molecular flexibility index (Phi) is 6.03. The maximum absolute atomic E-state index is 13.0. The first-order valence-electron chi connectivity index (χ1n) is 10.1. The molecule has 1 atom stereocenters. The zero-order chi connectivity index (χ0) is 21.1. The molecule has 156 valence electrons. The van der Waals surface area contributed by atoms with E-state index in [1.54, 1.807) is 4.68 Å². The van der Waals surface area contributed by atoms with Crippen LogP contribution in [0.4, 0.5) is 5.69 Å². The lowest BCUT2D eigenvalue weighted by molar-refractivity contribution is -0.130. The highest BCUT2D eigenvalue weighted by Gasteiger charge is 2.27. The zero-order valence-electron chi connectivity index (χ0n) is 17.5. The monoisotopic (exact) mass is 422 g/mol. The fourth-order valence-corrected chi connectivity index (χ4v) is 4.67. The molecule has 30 heavy (non-hydrogen) atoms. The van der Waals surface area contributed by atoms with Gasteiger partial charge in [-0.15, -0.1) is 5.10 Å².